The molecule has 1 aliphatic rings. The lowest BCUT2D eigenvalue weighted by atomic mass is 9.84. The maximum Gasteiger partial charge on any atom is 0.416 e. The topological polar surface area (TPSA) is 12.0 Å². The van der Waals surface area contributed by atoms with Gasteiger partial charge in [-0.15, -0.1) is 0 Å². The lowest BCUT2D eigenvalue weighted by Gasteiger charge is -2.33. The maximum atomic E-state index is 12.6. The third-order valence-electron chi connectivity index (χ3n) is 4.33. The molecule has 1 atom stereocenters. The number of halogens is 3. The number of hydrogen-bond donors (Lipinski definition) is 1. The predicted octanol–water partition coefficient (Wildman–Crippen LogP) is 4.56. The van der Waals surface area contributed by atoms with E-state index in [-0.39, 0.29) is 5.54 Å². The first kappa shape index (κ1) is 15.4. The molecule has 1 fully saturated rings. The van der Waals surface area contributed by atoms with Crippen LogP contribution in [0.25, 0.3) is 0 Å². The zero-order valence-electron chi connectivity index (χ0n) is 11.9. The summed E-state index contributed by atoms with van der Waals surface area (Å²) in [6.45, 7) is 3.16. The van der Waals surface area contributed by atoms with E-state index in [4.69, 9.17) is 0 Å². The van der Waals surface area contributed by atoms with E-state index in [1.807, 2.05) is 0 Å². The van der Waals surface area contributed by atoms with Gasteiger partial charge in [0.15, 0.2) is 0 Å². The van der Waals surface area contributed by atoms with Crippen LogP contribution in [-0.2, 0) is 12.6 Å². The van der Waals surface area contributed by atoms with Crippen molar-refractivity contribution in [2.45, 2.75) is 57.2 Å². The van der Waals surface area contributed by atoms with Crippen LogP contribution in [0.15, 0.2) is 24.3 Å². The minimum absolute atomic E-state index is 0.0518. The second-order valence-electron chi connectivity index (χ2n) is 5.74. The van der Waals surface area contributed by atoms with Gasteiger partial charge in [-0.2, -0.15) is 13.2 Å². The molecule has 0 aromatic heterocycles. The highest BCUT2D eigenvalue weighted by molar-refractivity contribution is 5.26. The van der Waals surface area contributed by atoms with Crippen LogP contribution >= 0.6 is 0 Å². The lowest BCUT2D eigenvalue weighted by Crippen LogP contribution is -2.46. The fourth-order valence-corrected chi connectivity index (χ4v) is 2.99. The first-order valence-electron chi connectivity index (χ1n) is 7.36. The molecule has 1 aliphatic heterocycles. The van der Waals surface area contributed by atoms with Crippen molar-refractivity contribution in [3.63, 3.8) is 0 Å². The fourth-order valence-electron chi connectivity index (χ4n) is 2.99. The van der Waals surface area contributed by atoms with Gasteiger partial charge in [0.1, 0.15) is 0 Å². The summed E-state index contributed by atoms with van der Waals surface area (Å²) in [6, 6.07) is 5.62. The van der Waals surface area contributed by atoms with E-state index in [1.54, 1.807) is 12.1 Å². The zero-order chi connectivity index (χ0) is 14.6. The molecule has 0 spiro atoms. The molecule has 1 saturated heterocycles. The second-order valence-corrected chi connectivity index (χ2v) is 5.74. The average Bonchev–Trinajstić information content (AvgIpc) is 2.64. The van der Waals surface area contributed by atoms with Gasteiger partial charge in [0.05, 0.1) is 5.56 Å². The summed E-state index contributed by atoms with van der Waals surface area (Å²) in [4.78, 5) is 0. The molecular formula is C16H22F3N. The van der Waals surface area contributed by atoms with E-state index >= 15 is 0 Å². The molecule has 0 saturated carbocycles. The number of rotatable bonds is 3. The van der Waals surface area contributed by atoms with Crippen molar-refractivity contribution < 1.29 is 13.2 Å². The molecule has 1 aromatic carbocycles. The molecule has 0 aliphatic carbocycles. The van der Waals surface area contributed by atoms with Gasteiger partial charge in [-0.1, -0.05) is 31.9 Å². The normalized spacial score (nSPS) is 24.4. The molecule has 20 heavy (non-hydrogen) atoms. The Balaban J connectivity index is 2.11. The van der Waals surface area contributed by atoms with Crippen molar-refractivity contribution in [3.8, 4) is 0 Å². The minimum atomic E-state index is -4.25. The number of benzene rings is 1. The monoisotopic (exact) mass is 285 g/mol. The second kappa shape index (κ2) is 6.17. The molecular weight excluding hydrogens is 263 g/mol. The molecule has 2 rings (SSSR count). The van der Waals surface area contributed by atoms with Crippen LogP contribution in [0.4, 0.5) is 13.2 Å². The SMILES string of the molecule is CCC1(Cc2ccc(C(F)(F)F)cc2)CCCCCN1. The smallest absolute Gasteiger partial charge is 0.311 e. The van der Waals surface area contributed by atoms with Crippen molar-refractivity contribution >= 4 is 0 Å². The van der Waals surface area contributed by atoms with Gasteiger partial charge in [-0.3, -0.25) is 0 Å². The Hall–Kier alpha value is -1.03. The summed E-state index contributed by atoms with van der Waals surface area (Å²) in [5.74, 6) is 0. The van der Waals surface area contributed by atoms with Crippen LogP contribution in [0.1, 0.15) is 50.2 Å². The van der Waals surface area contributed by atoms with Gasteiger partial charge >= 0.3 is 6.18 Å². The first-order valence-corrected chi connectivity index (χ1v) is 7.36. The van der Waals surface area contributed by atoms with Crippen molar-refractivity contribution in [1.29, 1.82) is 0 Å². The largest absolute Gasteiger partial charge is 0.416 e. The van der Waals surface area contributed by atoms with Crippen LogP contribution in [0.3, 0.4) is 0 Å². The van der Waals surface area contributed by atoms with Gasteiger partial charge in [-0.25, -0.2) is 0 Å². The minimum Gasteiger partial charge on any atom is -0.311 e. The Morgan fingerprint density at radius 1 is 1.10 bits per heavy atom. The molecule has 0 amide bonds. The summed E-state index contributed by atoms with van der Waals surface area (Å²) >= 11 is 0. The Morgan fingerprint density at radius 2 is 1.80 bits per heavy atom. The standard InChI is InChI=1S/C16H22F3N/c1-2-15(10-4-3-5-11-20-15)12-13-6-8-14(9-7-13)16(17,18)19/h6-9,20H,2-5,10-12H2,1H3. The van der Waals surface area contributed by atoms with Gasteiger partial charge in [-0.05, 0) is 49.9 Å². The van der Waals surface area contributed by atoms with Crippen molar-refractivity contribution in [2.24, 2.45) is 0 Å². The molecule has 112 valence electrons. The third kappa shape index (κ3) is 3.75. The molecule has 4 heteroatoms. The molecule has 1 aromatic rings. The molecule has 0 radical (unpaired) electrons. The molecule has 1 unspecified atom stereocenters. The lowest BCUT2D eigenvalue weighted by molar-refractivity contribution is -0.137. The predicted molar refractivity (Wildman–Crippen MR) is 74.6 cm³/mol. The summed E-state index contributed by atoms with van der Waals surface area (Å²) in [5.41, 5.74) is 0.464. The van der Waals surface area contributed by atoms with Gasteiger partial charge < -0.3 is 5.32 Å². The third-order valence-corrected chi connectivity index (χ3v) is 4.33. The Bertz CT molecular complexity index is 414. The fraction of sp³-hybridized carbons (Fsp3) is 0.625. The Morgan fingerprint density at radius 3 is 2.40 bits per heavy atom. The van der Waals surface area contributed by atoms with Crippen LogP contribution in [-0.4, -0.2) is 12.1 Å². The van der Waals surface area contributed by atoms with Crippen molar-refractivity contribution in [3.05, 3.63) is 35.4 Å². The highest BCUT2D eigenvalue weighted by atomic mass is 19.4. The van der Waals surface area contributed by atoms with Crippen LogP contribution in [0, 0.1) is 0 Å². The molecule has 0 bridgehead atoms. The van der Waals surface area contributed by atoms with Crippen LogP contribution in [0.5, 0.6) is 0 Å². The van der Waals surface area contributed by atoms with E-state index in [2.05, 4.69) is 12.2 Å². The van der Waals surface area contributed by atoms with E-state index in [9.17, 15) is 13.2 Å². The zero-order valence-corrected chi connectivity index (χ0v) is 11.9. The Labute approximate surface area is 118 Å². The van der Waals surface area contributed by atoms with E-state index < -0.39 is 11.7 Å². The summed E-state index contributed by atoms with van der Waals surface area (Å²) < 4.78 is 37.7. The van der Waals surface area contributed by atoms with Gasteiger partial charge in [0, 0.05) is 5.54 Å². The van der Waals surface area contributed by atoms with Crippen molar-refractivity contribution in [2.75, 3.05) is 6.54 Å². The van der Waals surface area contributed by atoms with Crippen LogP contribution < -0.4 is 5.32 Å². The molecule has 1 nitrogen and oxygen atoms in total. The molecule has 1 N–H and O–H groups in total. The number of nitrogens with one attached hydrogen (secondary N) is 1. The number of alkyl halides is 3. The Kier molecular flexibility index (Phi) is 4.74. The summed E-state index contributed by atoms with van der Waals surface area (Å²) in [6.07, 6.45) is 2.29. The van der Waals surface area contributed by atoms with Crippen LogP contribution in [0.2, 0.25) is 0 Å². The summed E-state index contributed by atoms with van der Waals surface area (Å²) in [7, 11) is 0. The van der Waals surface area contributed by atoms with E-state index in [0.29, 0.717) is 0 Å². The summed E-state index contributed by atoms with van der Waals surface area (Å²) in [5, 5.41) is 3.62. The van der Waals surface area contributed by atoms with Crippen molar-refractivity contribution in [1.82, 2.24) is 5.32 Å². The maximum absolute atomic E-state index is 12.6. The molecule has 1 heterocycles. The van der Waals surface area contributed by atoms with E-state index in [1.165, 1.54) is 31.4 Å². The van der Waals surface area contributed by atoms with Gasteiger partial charge in [0.25, 0.3) is 0 Å². The highest BCUT2D eigenvalue weighted by Crippen LogP contribution is 2.31. The van der Waals surface area contributed by atoms with E-state index in [0.717, 1.165) is 31.4 Å². The quantitative estimate of drug-likeness (QED) is 0.858. The number of hydrogen-bond acceptors (Lipinski definition) is 1. The average molecular weight is 285 g/mol. The van der Waals surface area contributed by atoms with Gasteiger partial charge in [0.2, 0.25) is 0 Å². The highest BCUT2D eigenvalue weighted by Gasteiger charge is 2.31. The first-order chi connectivity index (χ1) is 9.45.